The van der Waals surface area contributed by atoms with Crippen LogP contribution in [0.5, 0.6) is 0 Å². The fourth-order valence-corrected chi connectivity index (χ4v) is 3.58. The molecule has 114 valence electrons. The Morgan fingerprint density at radius 3 is 2.40 bits per heavy atom. The number of rotatable bonds is 7. The van der Waals surface area contributed by atoms with Crippen molar-refractivity contribution in [2.24, 2.45) is 5.92 Å². The van der Waals surface area contributed by atoms with Gasteiger partial charge in [0.1, 0.15) is 0 Å². The second-order valence-corrected chi connectivity index (χ2v) is 7.16. The topological polar surface area (TPSA) is 57.6 Å². The van der Waals surface area contributed by atoms with Crippen LogP contribution in [0.15, 0.2) is 29.2 Å². The molecule has 1 aromatic rings. The minimum absolute atomic E-state index is 0.251. The van der Waals surface area contributed by atoms with E-state index in [2.05, 4.69) is 6.92 Å². The first-order chi connectivity index (χ1) is 9.32. The third-order valence-electron chi connectivity index (χ3n) is 3.54. The van der Waals surface area contributed by atoms with Gasteiger partial charge in [-0.3, -0.25) is 0 Å². The highest BCUT2D eigenvalue weighted by Gasteiger charge is 2.24. The lowest BCUT2D eigenvalue weighted by Gasteiger charge is -2.23. The van der Waals surface area contributed by atoms with Crippen LogP contribution in [-0.4, -0.2) is 30.9 Å². The Hall–Kier alpha value is -0.910. The summed E-state index contributed by atoms with van der Waals surface area (Å²) in [6, 6.07) is 6.54. The Morgan fingerprint density at radius 1 is 1.25 bits per heavy atom. The SMILES string of the molecule is CCC(C)CN(CC)S(=O)(=O)c1cccc(C(C)O)c1. The zero-order chi connectivity index (χ0) is 15.3. The molecule has 0 heterocycles. The maximum absolute atomic E-state index is 12.6. The first-order valence-electron chi connectivity index (χ1n) is 7.11. The van der Waals surface area contributed by atoms with E-state index in [1.165, 1.54) is 4.31 Å². The number of sulfonamides is 1. The summed E-state index contributed by atoms with van der Waals surface area (Å²) in [4.78, 5) is 0.251. The predicted molar refractivity (Wildman–Crippen MR) is 81.0 cm³/mol. The first kappa shape index (κ1) is 17.1. The van der Waals surface area contributed by atoms with Crippen molar-refractivity contribution in [3.05, 3.63) is 29.8 Å². The molecular formula is C15H25NO3S. The molecule has 0 aliphatic carbocycles. The summed E-state index contributed by atoms with van der Waals surface area (Å²) in [5, 5.41) is 9.58. The minimum atomic E-state index is -3.49. The Labute approximate surface area is 122 Å². The molecule has 1 N–H and O–H groups in total. The first-order valence-corrected chi connectivity index (χ1v) is 8.55. The zero-order valence-corrected chi connectivity index (χ0v) is 13.5. The molecule has 0 aliphatic heterocycles. The molecule has 20 heavy (non-hydrogen) atoms. The molecule has 1 rings (SSSR count). The Balaban J connectivity index is 3.10. The van der Waals surface area contributed by atoms with Crippen LogP contribution in [0.25, 0.3) is 0 Å². The van der Waals surface area contributed by atoms with E-state index in [0.29, 0.717) is 24.6 Å². The monoisotopic (exact) mass is 299 g/mol. The maximum atomic E-state index is 12.6. The molecule has 0 radical (unpaired) electrons. The van der Waals surface area contributed by atoms with Crippen LogP contribution in [0, 0.1) is 5.92 Å². The number of nitrogens with zero attached hydrogens (tertiary/aromatic N) is 1. The zero-order valence-electron chi connectivity index (χ0n) is 12.7. The average Bonchev–Trinajstić information content (AvgIpc) is 2.44. The Kier molecular flexibility index (Phi) is 6.17. The fourth-order valence-electron chi connectivity index (χ4n) is 1.96. The van der Waals surface area contributed by atoms with Crippen molar-refractivity contribution >= 4 is 10.0 Å². The molecule has 0 saturated heterocycles. The van der Waals surface area contributed by atoms with Gasteiger partial charge in [0.05, 0.1) is 11.0 Å². The van der Waals surface area contributed by atoms with E-state index >= 15 is 0 Å². The fraction of sp³-hybridized carbons (Fsp3) is 0.600. The molecule has 1 aromatic carbocycles. The van der Waals surface area contributed by atoms with Crippen LogP contribution in [-0.2, 0) is 10.0 Å². The van der Waals surface area contributed by atoms with Crippen molar-refractivity contribution in [3.63, 3.8) is 0 Å². The molecule has 2 unspecified atom stereocenters. The van der Waals surface area contributed by atoms with Gasteiger partial charge in [-0.25, -0.2) is 8.42 Å². The van der Waals surface area contributed by atoms with E-state index in [-0.39, 0.29) is 4.90 Å². The van der Waals surface area contributed by atoms with E-state index in [1.807, 2.05) is 13.8 Å². The summed E-state index contributed by atoms with van der Waals surface area (Å²) in [7, 11) is -3.49. The number of aliphatic hydroxyl groups excluding tert-OH is 1. The van der Waals surface area contributed by atoms with Gasteiger partial charge in [-0.2, -0.15) is 4.31 Å². The number of hydrogen-bond donors (Lipinski definition) is 1. The molecule has 0 bridgehead atoms. The minimum Gasteiger partial charge on any atom is -0.389 e. The van der Waals surface area contributed by atoms with Gasteiger partial charge in [-0.15, -0.1) is 0 Å². The van der Waals surface area contributed by atoms with Gasteiger partial charge in [-0.1, -0.05) is 39.3 Å². The van der Waals surface area contributed by atoms with Crippen LogP contribution < -0.4 is 0 Å². The summed E-state index contributed by atoms with van der Waals surface area (Å²) in [5.41, 5.74) is 0.616. The van der Waals surface area contributed by atoms with Crippen molar-refractivity contribution in [1.82, 2.24) is 4.31 Å². The van der Waals surface area contributed by atoms with Gasteiger partial charge < -0.3 is 5.11 Å². The van der Waals surface area contributed by atoms with Crippen LogP contribution >= 0.6 is 0 Å². The second kappa shape index (κ2) is 7.20. The number of hydrogen-bond acceptors (Lipinski definition) is 3. The summed E-state index contributed by atoms with van der Waals surface area (Å²) in [5.74, 6) is 0.324. The number of benzene rings is 1. The van der Waals surface area contributed by atoms with Crippen molar-refractivity contribution in [1.29, 1.82) is 0 Å². The molecular weight excluding hydrogens is 274 g/mol. The summed E-state index contributed by atoms with van der Waals surface area (Å²) < 4.78 is 26.8. The lowest BCUT2D eigenvalue weighted by molar-refractivity contribution is 0.199. The Morgan fingerprint density at radius 2 is 1.90 bits per heavy atom. The molecule has 0 aliphatic rings. The predicted octanol–water partition coefficient (Wildman–Crippen LogP) is 2.80. The van der Waals surface area contributed by atoms with Gasteiger partial charge in [0.15, 0.2) is 0 Å². The number of aliphatic hydroxyl groups is 1. The highest BCUT2D eigenvalue weighted by molar-refractivity contribution is 7.89. The molecule has 0 fully saturated rings. The van der Waals surface area contributed by atoms with Crippen LogP contribution in [0.1, 0.15) is 45.8 Å². The third kappa shape index (κ3) is 4.04. The van der Waals surface area contributed by atoms with Crippen molar-refractivity contribution < 1.29 is 13.5 Å². The second-order valence-electron chi connectivity index (χ2n) is 5.22. The van der Waals surface area contributed by atoms with Gasteiger partial charge in [0.25, 0.3) is 0 Å². The standard InChI is InChI=1S/C15H25NO3S/c1-5-12(3)11-16(6-2)20(18,19)15-9-7-8-14(10-15)13(4)17/h7-10,12-13,17H,5-6,11H2,1-4H3. The molecule has 0 aromatic heterocycles. The third-order valence-corrected chi connectivity index (χ3v) is 5.48. The summed E-state index contributed by atoms with van der Waals surface area (Å²) in [6.07, 6.45) is 0.273. The van der Waals surface area contributed by atoms with E-state index in [4.69, 9.17) is 0 Å². The maximum Gasteiger partial charge on any atom is 0.243 e. The molecule has 4 nitrogen and oxygen atoms in total. The molecule has 0 amide bonds. The van der Waals surface area contributed by atoms with Crippen LogP contribution in [0.2, 0.25) is 0 Å². The molecule has 0 spiro atoms. The summed E-state index contributed by atoms with van der Waals surface area (Å²) >= 11 is 0. The van der Waals surface area contributed by atoms with Gasteiger partial charge in [0.2, 0.25) is 10.0 Å². The van der Waals surface area contributed by atoms with E-state index in [9.17, 15) is 13.5 Å². The quantitative estimate of drug-likeness (QED) is 0.842. The van der Waals surface area contributed by atoms with Crippen LogP contribution in [0.4, 0.5) is 0 Å². The van der Waals surface area contributed by atoms with Crippen molar-refractivity contribution in [3.8, 4) is 0 Å². The van der Waals surface area contributed by atoms with Crippen molar-refractivity contribution in [2.45, 2.75) is 45.1 Å². The Bertz CT molecular complexity index is 526. The van der Waals surface area contributed by atoms with E-state index < -0.39 is 16.1 Å². The van der Waals surface area contributed by atoms with Crippen LogP contribution in [0.3, 0.4) is 0 Å². The van der Waals surface area contributed by atoms with Gasteiger partial charge in [-0.05, 0) is 30.5 Å². The average molecular weight is 299 g/mol. The molecule has 5 heteroatoms. The highest BCUT2D eigenvalue weighted by atomic mass is 32.2. The smallest absolute Gasteiger partial charge is 0.243 e. The van der Waals surface area contributed by atoms with Crippen molar-refractivity contribution in [2.75, 3.05) is 13.1 Å². The van der Waals surface area contributed by atoms with Gasteiger partial charge in [0, 0.05) is 13.1 Å². The molecule has 2 atom stereocenters. The molecule has 0 saturated carbocycles. The van der Waals surface area contributed by atoms with E-state index in [0.717, 1.165) is 6.42 Å². The summed E-state index contributed by atoms with van der Waals surface area (Å²) in [6.45, 7) is 8.55. The highest BCUT2D eigenvalue weighted by Crippen LogP contribution is 2.21. The van der Waals surface area contributed by atoms with E-state index in [1.54, 1.807) is 31.2 Å². The normalized spacial score (nSPS) is 15.3. The largest absolute Gasteiger partial charge is 0.389 e. The lowest BCUT2D eigenvalue weighted by Crippen LogP contribution is -2.34. The van der Waals surface area contributed by atoms with Gasteiger partial charge >= 0.3 is 0 Å². The lowest BCUT2D eigenvalue weighted by atomic mass is 10.1.